The Morgan fingerprint density at radius 1 is 1.23 bits per heavy atom. The predicted octanol–water partition coefficient (Wildman–Crippen LogP) is 3.18. The minimum Gasteiger partial charge on any atom is -0.390 e. The van der Waals surface area contributed by atoms with E-state index >= 15 is 0 Å². The minimum absolute atomic E-state index is 0.159. The van der Waals surface area contributed by atoms with Crippen LogP contribution in [0.5, 0.6) is 0 Å². The molecule has 0 spiro atoms. The number of benzene rings is 2. The molecule has 3 aromatic rings. The summed E-state index contributed by atoms with van der Waals surface area (Å²) >= 11 is 1.68. The molecule has 0 fully saturated rings. The number of anilines is 1. The van der Waals surface area contributed by atoms with Crippen LogP contribution in [0, 0.1) is 0 Å². The van der Waals surface area contributed by atoms with Crippen molar-refractivity contribution in [2.75, 3.05) is 24.9 Å². The van der Waals surface area contributed by atoms with Gasteiger partial charge in [-0.15, -0.1) is 0 Å². The van der Waals surface area contributed by atoms with Crippen molar-refractivity contribution in [3.63, 3.8) is 0 Å². The number of hydrogen-bond donors (Lipinski definition) is 3. The SMILES string of the molecule is CCc1cn2c3c(c(C(=O)N[C@@H](Cc4ccccc4)[C@H](O)CNC)ccc13)N(C)SC2. The summed E-state index contributed by atoms with van der Waals surface area (Å²) in [5.41, 5.74) is 5.06. The summed E-state index contributed by atoms with van der Waals surface area (Å²) in [5, 5.41) is 18.0. The summed E-state index contributed by atoms with van der Waals surface area (Å²) in [4.78, 5) is 13.4. The standard InChI is InChI=1S/C24H30N4O2S/c1-4-17-14-28-15-31-27(3)22-19(11-10-18(17)23(22)28)24(30)26-20(21(29)13-25-2)12-16-8-6-5-7-9-16/h5-11,14,20-21,25,29H,4,12-13,15H2,1-3H3,(H,26,30)/t20-,21+/m0/s1. The van der Waals surface area contributed by atoms with Crippen LogP contribution in [-0.4, -0.2) is 48.4 Å². The zero-order valence-corrected chi connectivity index (χ0v) is 19.1. The Labute approximate surface area is 187 Å². The molecule has 3 N–H and O–H groups in total. The molecule has 0 saturated heterocycles. The van der Waals surface area contributed by atoms with Crippen LogP contribution in [0.25, 0.3) is 10.9 Å². The first-order valence-electron chi connectivity index (χ1n) is 10.7. The Balaban J connectivity index is 1.67. The average Bonchev–Trinajstić information content (AvgIpc) is 3.15. The highest BCUT2D eigenvalue weighted by atomic mass is 32.2. The molecule has 2 atom stereocenters. The zero-order chi connectivity index (χ0) is 22.0. The lowest BCUT2D eigenvalue weighted by molar-refractivity contribution is 0.0835. The molecule has 31 heavy (non-hydrogen) atoms. The van der Waals surface area contributed by atoms with E-state index in [9.17, 15) is 9.90 Å². The first-order valence-corrected chi connectivity index (χ1v) is 11.7. The van der Waals surface area contributed by atoms with Crippen molar-refractivity contribution in [1.29, 1.82) is 0 Å². The van der Waals surface area contributed by atoms with Crippen molar-refractivity contribution < 1.29 is 9.90 Å². The Kier molecular flexibility index (Phi) is 6.55. The van der Waals surface area contributed by atoms with Gasteiger partial charge in [-0.05, 0) is 49.0 Å². The van der Waals surface area contributed by atoms with Gasteiger partial charge in [0.25, 0.3) is 5.91 Å². The van der Waals surface area contributed by atoms with Gasteiger partial charge in [0.2, 0.25) is 0 Å². The van der Waals surface area contributed by atoms with Crippen LogP contribution in [0.1, 0.15) is 28.4 Å². The average molecular weight is 439 g/mol. The fourth-order valence-corrected chi connectivity index (χ4v) is 5.11. The molecule has 0 saturated carbocycles. The van der Waals surface area contributed by atoms with Gasteiger partial charge >= 0.3 is 0 Å². The van der Waals surface area contributed by atoms with Gasteiger partial charge in [-0.2, -0.15) is 0 Å². The zero-order valence-electron chi connectivity index (χ0n) is 18.3. The number of carbonyl (C=O) groups excluding carboxylic acids is 1. The van der Waals surface area contributed by atoms with Crippen LogP contribution in [0.2, 0.25) is 0 Å². The van der Waals surface area contributed by atoms with Gasteiger partial charge in [0.1, 0.15) is 0 Å². The lowest BCUT2D eigenvalue weighted by Gasteiger charge is -2.29. The van der Waals surface area contributed by atoms with Crippen LogP contribution in [-0.2, 0) is 18.7 Å². The maximum Gasteiger partial charge on any atom is 0.253 e. The number of carbonyl (C=O) groups is 1. The van der Waals surface area contributed by atoms with E-state index in [1.54, 1.807) is 19.0 Å². The van der Waals surface area contributed by atoms with E-state index < -0.39 is 12.1 Å². The minimum atomic E-state index is -0.697. The lowest BCUT2D eigenvalue weighted by Crippen LogP contribution is -2.48. The highest BCUT2D eigenvalue weighted by Crippen LogP contribution is 2.40. The van der Waals surface area contributed by atoms with Crippen LogP contribution < -0.4 is 14.9 Å². The summed E-state index contributed by atoms with van der Waals surface area (Å²) in [7, 11) is 3.81. The summed E-state index contributed by atoms with van der Waals surface area (Å²) in [6.07, 6.45) is 3.02. The normalized spacial score (nSPS) is 15.2. The third kappa shape index (κ3) is 4.31. The topological polar surface area (TPSA) is 69.5 Å². The number of aryl methyl sites for hydroxylation is 1. The molecule has 6 nitrogen and oxygen atoms in total. The Hall–Kier alpha value is -2.48. The number of aromatic nitrogens is 1. The monoisotopic (exact) mass is 438 g/mol. The van der Waals surface area contributed by atoms with E-state index in [0.29, 0.717) is 18.5 Å². The molecule has 0 unspecified atom stereocenters. The van der Waals surface area contributed by atoms with Crippen LogP contribution >= 0.6 is 11.9 Å². The number of rotatable bonds is 8. The second kappa shape index (κ2) is 9.34. The quantitative estimate of drug-likeness (QED) is 0.471. The van der Waals surface area contributed by atoms with Crippen LogP contribution in [0.15, 0.2) is 48.7 Å². The fraction of sp³-hybridized carbons (Fsp3) is 0.375. The summed E-state index contributed by atoms with van der Waals surface area (Å²) in [5.74, 6) is 0.677. The molecule has 4 rings (SSSR count). The molecule has 1 aliphatic heterocycles. The Morgan fingerprint density at radius 3 is 2.71 bits per heavy atom. The summed E-state index contributed by atoms with van der Waals surface area (Å²) in [6, 6.07) is 13.5. The van der Waals surface area contributed by atoms with Crippen molar-refractivity contribution in [1.82, 2.24) is 15.2 Å². The molecular weight excluding hydrogens is 408 g/mol. The third-order valence-electron chi connectivity index (χ3n) is 5.92. The number of nitrogens with one attached hydrogen (secondary N) is 2. The third-order valence-corrected chi connectivity index (χ3v) is 6.88. The summed E-state index contributed by atoms with van der Waals surface area (Å²) in [6.45, 7) is 2.56. The van der Waals surface area contributed by atoms with Crippen LogP contribution in [0.4, 0.5) is 5.69 Å². The van der Waals surface area contributed by atoms with Crippen molar-refractivity contribution >= 4 is 34.4 Å². The molecular formula is C24H30N4O2S. The van der Waals surface area contributed by atoms with E-state index in [-0.39, 0.29) is 5.91 Å². The second-order valence-corrected chi connectivity index (χ2v) is 9.05. The van der Waals surface area contributed by atoms with E-state index in [1.807, 2.05) is 43.4 Å². The molecule has 0 aliphatic carbocycles. The number of likely N-dealkylation sites (N-methyl/N-ethyl adjacent to an activating group) is 1. The van der Waals surface area contributed by atoms with E-state index in [0.717, 1.165) is 29.1 Å². The number of nitrogens with zero attached hydrogens (tertiary/aromatic N) is 2. The molecule has 1 amide bonds. The molecule has 0 bridgehead atoms. The van der Waals surface area contributed by atoms with Crippen LogP contribution in [0.3, 0.4) is 0 Å². The van der Waals surface area contributed by atoms with Gasteiger partial charge in [0, 0.05) is 25.2 Å². The molecule has 1 aromatic heterocycles. The number of aliphatic hydroxyl groups excluding tert-OH is 1. The number of amides is 1. The smallest absolute Gasteiger partial charge is 0.253 e. The second-order valence-electron chi connectivity index (χ2n) is 7.99. The number of aliphatic hydroxyl groups is 1. The fourth-order valence-electron chi connectivity index (χ4n) is 4.30. The van der Waals surface area contributed by atoms with Crippen molar-refractivity contribution in [3.8, 4) is 0 Å². The highest BCUT2D eigenvalue weighted by Gasteiger charge is 2.28. The Bertz CT molecular complexity index is 1070. The highest BCUT2D eigenvalue weighted by molar-refractivity contribution is 7.99. The van der Waals surface area contributed by atoms with Gasteiger partial charge in [0.15, 0.2) is 0 Å². The van der Waals surface area contributed by atoms with Gasteiger partial charge in [-0.25, -0.2) is 0 Å². The van der Waals surface area contributed by atoms with Crippen molar-refractivity contribution in [2.24, 2.45) is 0 Å². The predicted molar refractivity (Wildman–Crippen MR) is 129 cm³/mol. The maximum absolute atomic E-state index is 13.4. The number of hydrogen-bond acceptors (Lipinski definition) is 5. The molecule has 1 aliphatic rings. The van der Waals surface area contributed by atoms with E-state index in [1.165, 1.54) is 10.9 Å². The van der Waals surface area contributed by atoms with Gasteiger partial charge < -0.3 is 24.6 Å². The molecule has 7 heteroatoms. The maximum atomic E-state index is 13.4. The first-order chi connectivity index (χ1) is 15.0. The van der Waals surface area contributed by atoms with Gasteiger partial charge in [0.05, 0.1) is 34.8 Å². The van der Waals surface area contributed by atoms with Crippen molar-refractivity contribution in [2.45, 2.75) is 37.8 Å². The summed E-state index contributed by atoms with van der Waals surface area (Å²) < 4.78 is 4.33. The molecule has 0 radical (unpaired) electrons. The molecule has 164 valence electrons. The lowest BCUT2D eigenvalue weighted by atomic mass is 9.99. The van der Waals surface area contributed by atoms with Crippen molar-refractivity contribution in [3.05, 3.63) is 65.4 Å². The molecule has 2 aromatic carbocycles. The first kappa shape index (κ1) is 21.7. The van der Waals surface area contributed by atoms with Gasteiger partial charge in [-0.1, -0.05) is 43.3 Å². The van der Waals surface area contributed by atoms with Gasteiger partial charge in [-0.3, -0.25) is 4.79 Å². The van der Waals surface area contributed by atoms with E-state index in [4.69, 9.17) is 0 Å². The largest absolute Gasteiger partial charge is 0.390 e. The molecule has 2 heterocycles. The van der Waals surface area contributed by atoms with E-state index in [2.05, 4.69) is 38.7 Å². The Morgan fingerprint density at radius 2 is 2.00 bits per heavy atom.